The molecule has 4 nitrogen and oxygen atoms in total. The molecule has 2 unspecified atom stereocenters. The Bertz CT molecular complexity index is 310. The molecule has 2 heterocycles. The van der Waals surface area contributed by atoms with Crippen molar-refractivity contribution in [3.05, 3.63) is 0 Å². The van der Waals surface area contributed by atoms with Gasteiger partial charge in [-0.15, -0.1) is 0 Å². The number of nitrogens with one attached hydrogen (secondary N) is 1. The van der Waals surface area contributed by atoms with Gasteiger partial charge in [-0.2, -0.15) is 0 Å². The molecule has 3 fully saturated rings. The third-order valence-electron chi connectivity index (χ3n) is 4.80. The van der Waals surface area contributed by atoms with Crippen molar-refractivity contribution in [2.24, 2.45) is 0 Å². The van der Waals surface area contributed by atoms with Gasteiger partial charge in [0, 0.05) is 25.2 Å². The summed E-state index contributed by atoms with van der Waals surface area (Å²) in [6.07, 6.45) is 7.51. The van der Waals surface area contributed by atoms with E-state index in [0.717, 1.165) is 13.1 Å². The van der Waals surface area contributed by atoms with Crippen LogP contribution in [0.2, 0.25) is 0 Å². The lowest BCUT2D eigenvalue weighted by atomic mass is 10.0. The zero-order valence-electron chi connectivity index (χ0n) is 11.4. The number of likely N-dealkylation sites (N-methyl/N-ethyl adjacent to an activating group) is 1. The molecule has 2 saturated heterocycles. The minimum atomic E-state index is 0.322. The van der Waals surface area contributed by atoms with Gasteiger partial charge in [-0.25, -0.2) is 0 Å². The smallest absolute Gasteiger partial charge is 0.236 e. The third-order valence-corrected chi connectivity index (χ3v) is 4.80. The molecule has 1 aliphatic carbocycles. The maximum absolute atomic E-state index is 12.2. The summed E-state index contributed by atoms with van der Waals surface area (Å²) in [6, 6.07) is 1.78. The highest BCUT2D eigenvalue weighted by Crippen LogP contribution is 2.27. The van der Waals surface area contributed by atoms with Gasteiger partial charge in [0.2, 0.25) is 5.91 Å². The highest BCUT2D eigenvalue weighted by molar-refractivity contribution is 5.78. The van der Waals surface area contributed by atoms with Gasteiger partial charge in [0.15, 0.2) is 0 Å². The largest absolute Gasteiger partial charge is 0.342 e. The average Bonchev–Trinajstić information content (AvgIpc) is 2.88. The molecule has 3 aliphatic rings. The quantitative estimate of drug-likeness (QED) is 0.803. The molecule has 0 aromatic rings. The van der Waals surface area contributed by atoms with E-state index in [1.54, 1.807) is 0 Å². The van der Waals surface area contributed by atoms with Crippen LogP contribution in [0.1, 0.15) is 38.5 Å². The van der Waals surface area contributed by atoms with Crippen LogP contribution >= 0.6 is 0 Å². The van der Waals surface area contributed by atoms with Crippen molar-refractivity contribution in [2.75, 3.05) is 26.7 Å². The Morgan fingerprint density at radius 1 is 1.28 bits per heavy atom. The molecular weight excluding hydrogens is 226 g/mol. The SMILES string of the molecule is CN(C(=O)CN1CCCC1C1CCCN1)C1CC1. The Labute approximate surface area is 110 Å². The summed E-state index contributed by atoms with van der Waals surface area (Å²) in [7, 11) is 1.97. The summed E-state index contributed by atoms with van der Waals surface area (Å²) in [6.45, 7) is 2.90. The van der Waals surface area contributed by atoms with E-state index in [-0.39, 0.29) is 0 Å². The van der Waals surface area contributed by atoms with Gasteiger partial charge >= 0.3 is 0 Å². The van der Waals surface area contributed by atoms with Crippen LogP contribution in [-0.2, 0) is 4.79 Å². The first-order chi connectivity index (χ1) is 8.75. The molecule has 0 bridgehead atoms. The normalized spacial score (nSPS) is 32.9. The topological polar surface area (TPSA) is 35.6 Å². The van der Waals surface area contributed by atoms with Crippen molar-refractivity contribution in [1.29, 1.82) is 0 Å². The maximum atomic E-state index is 12.2. The maximum Gasteiger partial charge on any atom is 0.236 e. The first-order valence-corrected chi connectivity index (χ1v) is 7.49. The fourth-order valence-corrected chi connectivity index (χ4v) is 3.49. The molecule has 0 spiro atoms. The fourth-order valence-electron chi connectivity index (χ4n) is 3.49. The number of likely N-dealkylation sites (tertiary alicyclic amines) is 1. The number of rotatable bonds is 4. The van der Waals surface area contributed by atoms with E-state index in [4.69, 9.17) is 0 Å². The van der Waals surface area contributed by atoms with Gasteiger partial charge in [-0.3, -0.25) is 9.69 Å². The van der Waals surface area contributed by atoms with Crippen LogP contribution in [0.3, 0.4) is 0 Å². The van der Waals surface area contributed by atoms with E-state index < -0.39 is 0 Å². The average molecular weight is 251 g/mol. The lowest BCUT2D eigenvalue weighted by Gasteiger charge is -2.30. The molecule has 102 valence electrons. The predicted molar refractivity (Wildman–Crippen MR) is 71.4 cm³/mol. The molecule has 2 atom stereocenters. The van der Waals surface area contributed by atoms with Crippen molar-refractivity contribution in [3.63, 3.8) is 0 Å². The molecule has 0 aromatic heterocycles. The lowest BCUT2D eigenvalue weighted by molar-refractivity contribution is -0.131. The number of amides is 1. The molecule has 18 heavy (non-hydrogen) atoms. The number of carbonyl (C=O) groups is 1. The second-order valence-electron chi connectivity index (χ2n) is 6.12. The van der Waals surface area contributed by atoms with Crippen molar-refractivity contribution < 1.29 is 4.79 Å². The molecule has 4 heteroatoms. The molecule has 0 aromatic carbocycles. The Morgan fingerprint density at radius 3 is 2.78 bits per heavy atom. The fraction of sp³-hybridized carbons (Fsp3) is 0.929. The monoisotopic (exact) mass is 251 g/mol. The zero-order valence-corrected chi connectivity index (χ0v) is 11.4. The van der Waals surface area contributed by atoms with E-state index in [0.29, 0.717) is 30.6 Å². The second kappa shape index (κ2) is 5.17. The van der Waals surface area contributed by atoms with Gasteiger partial charge in [-0.05, 0) is 51.6 Å². The van der Waals surface area contributed by atoms with E-state index in [2.05, 4.69) is 10.2 Å². The van der Waals surface area contributed by atoms with Gasteiger partial charge < -0.3 is 10.2 Å². The first-order valence-electron chi connectivity index (χ1n) is 7.49. The Balaban J connectivity index is 1.55. The minimum Gasteiger partial charge on any atom is -0.342 e. The van der Waals surface area contributed by atoms with Crippen LogP contribution in [0, 0.1) is 0 Å². The summed E-state index contributed by atoms with van der Waals surface area (Å²) in [5.74, 6) is 0.322. The highest BCUT2D eigenvalue weighted by atomic mass is 16.2. The standard InChI is InChI=1S/C14H25N3O/c1-16(11-6-7-11)14(18)10-17-9-3-5-13(17)12-4-2-8-15-12/h11-13,15H,2-10H2,1H3. The van der Waals surface area contributed by atoms with Crippen molar-refractivity contribution in [1.82, 2.24) is 15.1 Å². The Morgan fingerprint density at radius 2 is 2.11 bits per heavy atom. The molecular formula is C14H25N3O. The first kappa shape index (κ1) is 12.4. The molecule has 1 N–H and O–H groups in total. The summed E-state index contributed by atoms with van der Waals surface area (Å²) < 4.78 is 0. The summed E-state index contributed by atoms with van der Waals surface area (Å²) in [5, 5.41) is 3.60. The molecule has 0 radical (unpaired) electrons. The third kappa shape index (κ3) is 2.54. The summed E-state index contributed by atoms with van der Waals surface area (Å²) in [4.78, 5) is 16.6. The predicted octanol–water partition coefficient (Wildman–Crippen LogP) is 0.824. The molecule has 3 rings (SSSR count). The van der Waals surface area contributed by atoms with Crippen LogP contribution in [0.5, 0.6) is 0 Å². The van der Waals surface area contributed by atoms with Crippen LogP contribution in [0.15, 0.2) is 0 Å². The van der Waals surface area contributed by atoms with Gasteiger partial charge in [0.25, 0.3) is 0 Å². The summed E-state index contributed by atoms with van der Waals surface area (Å²) >= 11 is 0. The van der Waals surface area contributed by atoms with Crippen molar-refractivity contribution in [2.45, 2.75) is 56.7 Å². The van der Waals surface area contributed by atoms with E-state index >= 15 is 0 Å². The van der Waals surface area contributed by atoms with Crippen molar-refractivity contribution >= 4 is 5.91 Å². The van der Waals surface area contributed by atoms with Gasteiger partial charge in [0.1, 0.15) is 0 Å². The Hall–Kier alpha value is -0.610. The minimum absolute atomic E-state index is 0.322. The molecule has 2 aliphatic heterocycles. The lowest BCUT2D eigenvalue weighted by Crippen LogP contribution is -2.48. The van der Waals surface area contributed by atoms with Crippen molar-refractivity contribution in [3.8, 4) is 0 Å². The van der Waals surface area contributed by atoms with Gasteiger partial charge in [0.05, 0.1) is 6.54 Å². The summed E-state index contributed by atoms with van der Waals surface area (Å²) in [5.41, 5.74) is 0. The number of nitrogens with zero attached hydrogens (tertiary/aromatic N) is 2. The second-order valence-corrected chi connectivity index (χ2v) is 6.12. The van der Waals surface area contributed by atoms with E-state index in [9.17, 15) is 4.79 Å². The number of hydrogen-bond acceptors (Lipinski definition) is 3. The van der Waals surface area contributed by atoms with Gasteiger partial charge in [-0.1, -0.05) is 0 Å². The van der Waals surface area contributed by atoms with E-state index in [1.807, 2.05) is 11.9 Å². The molecule has 1 saturated carbocycles. The molecule has 1 amide bonds. The van der Waals surface area contributed by atoms with Crippen LogP contribution in [0.4, 0.5) is 0 Å². The Kier molecular flexibility index (Phi) is 3.57. The highest BCUT2D eigenvalue weighted by Gasteiger charge is 2.36. The van der Waals surface area contributed by atoms with Crippen LogP contribution in [0.25, 0.3) is 0 Å². The van der Waals surface area contributed by atoms with E-state index in [1.165, 1.54) is 38.5 Å². The number of carbonyl (C=O) groups excluding carboxylic acids is 1. The van der Waals surface area contributed by atoms with Crippen LogP contribution < -0.4 is 5.32 Å². The number of hydrogen-bond donors (Lipinski definition) is 1. The van der Waals surface area contributed by atoms with Crippen LogP contribution in [-0.4, -0.2) is 60.5 Å². The zero-order chi connectivity index (χ0) is 12.5.